The third-order valence-corrected chi connectivity index (χ3v) is 3.15. The number of carboxylic acids is 1. The van der Waals surface area contributed by atoms with Crippen LogP contribution in [0.15, 0.2) is 22.7 Å². The van der Waals surface area contributed by atoms with Crippen molar-refractivity contribution in [2.75, 3.05) is 45.4 Å². The summed E-state index contributed by atoms with van der Waals surface area (Å²) in [6, 6.07) is 5.11. The van der Waals surface area contributed by atoms with Crippen molar-refractivity contribution < 1.29 is 19.4 Å². The summed E-state index contributed by atoms with van der Waals surface area (Å²) in [6.45, 7) is 2.26. The average molecular weight is 332 g/mol. The van der Waals surface area contributed by atoms with Gasteiger partial charge < -0.3 is 19.5 Å². The molecular formula is C13H18BrNO4. The van der Waals surface area contributed by atoms with Crippen LogP contribution >= 0.6 is 15.9 Å². The smallest absolute Gasteiger partial charge is 0.337 e. The Kier molecular flexibility index (Phi) is 6.83. The third kappa shape index (κ3) is 4.81. The van der Waals surface area contributed by atoms with Gasteiger partial charge in [0.15, 0.2) is 0 Å². The first-order valence-corrected chi connectivity index (χ1v) is 6.65. The Morgan fingerprint density at radius 3 is 2.32 bits per heavy atom. The summed E-state index contributed by atoms with van der Waals surface area (Å²) in [7, 11) is 3.24. The zero-order chi connectivity index (χ0) is 14.3. The van der Waals surface area contributed by atoms with Crippen LogP contribution < -0.4 is 4.90 Å². The summed E-state index contributed by atoms with van der Waals surface area (Å²) < 4.78 is 11.0. The number of halogens is 1. The summed E-state index contributed by atoms with van der Waals surface area (Å²) in [5.74, 6) is -0.942. The molecule has 19 heavy (non-hydrogen) atoms. The van der Waals surface area contributed by atoms with Gasteiger partial charge >= 0.3 is 5.97 Å². The minimum absolute atomic E-state index is 0.274. The lowest BCUT2D eigenvalue weighted by atomic mass is 10.1. The maximum absolute atomic E-state index is 11.3. The summed E-state index contributed by atoms with van der Waals surface area (Å²) in [6.07, 6.45) is 0. The van der Waals surface area contributed by atoms with Crippen molar-refractivity contribution in [3.8, 4) is 0 Å². The number of aromatic carboxylic acids is 1. The fourth-order valence-corrected chi connectivity index (χ4v) is 2.05. The highest BCUT2D eigenvalue weighted by Crippen LogP contribution is 2.25. The van der Waals surface area contributed by atoms with Crippen molar-refractivity contribution >= 4 is 27.6 Å². The van der Waals surface area contributed by atoms with Crippen molar-refractivity contribution in [3.63, 3.8) is 0 Å². The Hall–Kier alpha value is -1.11. The maximum atomic E-state index is 11.3. The maximum Gasteiger partial charge on any atom is 0.337 e. The van der Waals surface area contributed by atoms with E-state index in [1.54, 1.807) is 32.4 Å². The summed E-state index contributed by atoms with van der Waals surface area (Å²) in [5, 5.41) is 9.25. The molecule has 0 fully saturated rings. The predicted molar refractivity (Wildman–Crippen MR) is 77.1 cm³/mol. The number of anilines is 1. The molecule has 1 rings (SSSR count). The molecule has 1 N–H and O–H groups in total. The van der Waals surface area contributed by atoms with E-state index in [1.807, 2.05) is 4.90 Å². The number of carbonyl (C=O) groups is 1. The Bertz CT molecular complexity index is 417. The number of carboxylic acid groups (broad SMARTS) is 1. The molecule has 1 aromatic rings. The van der Waals surface area contributed by atoms with E-state index in [2.05, 4.69) is 15.9 Å². The van der Waals surface area contributed by atoms with Crippen LogP contribution in [-0.2, 0) is 9.47 Å². The molecule has 0 unspecified atom stereocenters. The minimum atomic E-state index is -0.942. The lowest BCUT2D eigenvalue weighted by Gasteiger charge is -2.26. The molecule has 6 heteroatoms. The van der Waals surface area contributed by atoms with Gasteiger partial charge in [-0.3, -0.25) is 0 Å². The standard InChI is InChI=1S/C13H18BrNO4/c1-18-7-5-15(6-8-19-2)12-9-10(14)3-4-11(12)13(16)17/h3-4,9H,5-8H2,1-2H3,(H,16,17). The quantitative estimate of drug-likeness (QED) is 0.791. The van der Waals surface area contributed by atoms with E-state index < -0.39 is 5.97 Å². The highest BCUT2D eigenvalue weighted by Gasteiger charge is 2.16. The van der Waals surface area contributed by atoms with Gasteiger partial charge in [-0.1, -0.05) is 15.9 Å². The number of nitrogens with zero attached hydrogens (tertiary/aromatic N) is 1. The molecule has 0 atom stereocenters. The second kappa shape index (κ2) is 8.14. The Labute approximate surface area is 121 Å². The first kappa shape index (κ1) is 15.9. The van der Waals surface area contributed by atoms with Crippen molar-refractivity contribution in [2.24, 2.45) is 0 Å². The van der Waals surface area contributed by atoms with E-state index in [9.17, 15) is 9.90 Å². The molecule has 1 aromatic carbocycles. The van der Waals surface area contributed by atoms with E-state index in [0.717, 1.165) is 4.47 Å². The number of ether oxygens (including phenoxy) is 2. The van der Waals surface area contributed by atoms with Crippen LogP contribution in [0, 0.1) is 0 Å². The molecule has 0 saturated heterocycles. The molecule has 0 heterocycles. The minimum Gasteiger partial charge on any atom is -0.478 e. The van der Waals surface area contributed by atoms with Gasteiger partial charge in [0.1, 0.15) is 0 Å². The largest absolute Gasteiger partial charge is 0.478 e. The SMILES string of the molecule is COCCN(CCOC)c1cc(Br)ccc1C(=O)O. The second-order valence-electron chi connectivity index (χ2n) is 3.94. The highest BCUT2D eigenvalue weighted by molar-refractivity contribution is 9.10. The van der Waals surface area contributed by atoms with Crippen molar-refractivity contribution in [3.05, 3.63) is 28.2 Å². The lowest BCUT2D eigenvalue weighted by molar-refractivity contribution is 0.0697. The van der Waals surface area contributed by atoms with E-state index in [4.69, 9.17) is 9.47 Å². The molecule has 0 amide bonds. The van der Waals surface area contributed by atoms with Gasteiger partial charge in [-0.2, -0.15) is 0 Å². The Morgan fingerprint density at radius 2 is 1.84 bits per heavy atom. The summed E-state index contributed by atoms with van der Waals surface area (Å²) in [4.78, 5) is 13.2. The van der Waals surface area contributed by atoms with Crippen molar-refractivity contribution in [2.45, 2.75) is 0 Å². The zero-order valence-corrected chi connectivity index (χ0v) is 12.6. The van der Waals surface area contributed by atoms with Crippen LogP contribution in [0.4, 0.5) is 5.69 Å². The molecule has 0 aliphatic carbocycles. The topological polar surface area (TPSA) is 59.0 Å². The number of hydrogen-bond donors (Lipinski definition) is 1. The van der Waals surface area contributed by atoms with Gasteiger partial charge in [0.25, 0.3) is 0 Å². The van der Waals surface area contributed by atoms with Gasteiger partial charge in [-0.05, 0) is 18.2 Å². The van der Waals surface area contributed by atoms with Crippen molar-refractivity contribution in [1.29, 1.82) is 0 Å². The highest BCUT2D eigenvalue weighted by atomic mass is 79.9. The molecule has 0 spiro atoms. The van der Waals surface area contributed by atoms with Gasteiger partial charge in [-0.25, -0.2) is 4.79 Å². The molecule has 0 bridgehead atoms. The van der Waals surface area contributed by atoms with E-state index >= 15 is 0 Å². The summed E-state index contributed by atoms with van der Waals surface area (Å²) >= 11 is 3.37. The van der Waals surface area contributed by atoms with Crippen LogP contribution in [0.1, 0.15) is 10.4 Å². The van der Waals surface area contributed by atoms with Gasteiger partial charge in [0.05, 0.1) is 24.5 Å². The number of methoxy groups -OCH3 is 2. The summed E-state index contributed by atoms with van der Waals surface area (Å²) in [5.41, 5.74) is 0.936. The molecular weight excluding hydrogens is 314 g/mol. The molecule has 0 aromatic heterocycles. The van der Waals surface area contributed by atoms with Gasteiger partial charge in [-0.15, -0.1) is 0 Å². The normalized spacial score (nSPS) is 10.5. The predicted octanol–water partition coefficient (Wildman–Crippen LogP) is 2.25. The van der Waals surface area contributed by atoms with Crippen LogP contribution in [0.25, 0.3) is 0 Å². The number of benzene rings is 1. The van der Waals surface area contributed by atoms with E-state index in [1.165, 1.54) is 0 Å². The average Bonchev–Trinajstić information content (AvgIpc) is 2.38. The first-order chi connectivity index (χ1) is 9.10. The van der Waals surface area contributed by atoms with Crippen LogP contribution in [0.2, 0.25) is 0 Å². The number of rotatable bonds is 8. The van der Waals surface area contributed by atoms with Gasteiger partial charge in [0.2, 0.25) is 0 Å². The monoisotopic (exact) mass is 331 g/mol. The number of hydrogen-bond acceptors (Lipinski definition) is 4. The van der Waals surface area contributed by atoms with E-state index in [0.29, 0.717) is 32.0 Å². The molecule has 0 radical (unpaired) electrons. The first-order valence-electron chi connectivity index (χ1n) is 5.85. The fourth-order valence-electron chi connectivity index (χ4n) is 1.70. The van der Waals surface area contributed by atoms with Crippen LogP contribution in [-0.4, -0.2) is 51.6 Å². The van der Waals surface area contributed by atoms with Gasteiger partial charge in [0, 0.05) is 31.8 Å². The molecule has 0 aliphatic rings. The zero-order valence-electron chi connectivity index (χ0n) is 11.1. The third-order valence-electron chi connectivity index (χ3n) is 2.66. The molecule has 0 saturated carbocycles. The molecule has 0 aliphatic heterocycles. The van der Waals surface area contributed by atoms with E-state index in [-0.39, 0.29) is 5.56 Å². The molecule has 106 valence electrons. The Balaban J connectivity index is 3.03. The van der Waals surface area contributed by atoms with Crippen molar-refractivity contribution in [1.82, 2.24) is 0 Å². The Morgan fingerprint density at radius 1 is 1.26 bits per heavy atom. The second-order valence-corrected chi connectivity index (χ2v) is 4.85. The van der Waals surface area contributed by atoms with Crippen LogP contribution in [0.5, 0.6) is 0 Å². The fraction of sp³-hybridized carbons (Fsp3) is 0.462. The lowest BCUT2D eigenvalue weighted by Crippen LogP contribution is -2.32. The van der Waals surface area contributed by atoms with Crippen LogP contribution in [0.3, 0.4) is 0 Å². The molecule has 5 nitrogen and oxygen atoms in total.